The van der Waals surface area contributed by atoms with E-state index in [1.165, 1.54) is 23.4 Å². The molecule has 0 amide bonds. The van der Waals surface area contributed by atoms with Gasteiger partial charge in [0.15, 0.2) is 9.84 Å². The fraction of sp³-hybridized carbons (Fsp3) is 0.389. The zero-order valence-electron chi connectivity index (χ0n) is 14.2. The van der Waals surface area contributed by atoms with Crippen molar-refractivity contribution in [2.24, 2.45) is 0 Å². The van der Waals surface area contributed by atoms with E-state index in [0.29, 0.717) is 4.90 Å². The van der Waals surface area contributed by atoms with Gasteiger partial charge >= 0.3 is 0 Å². The van der Waals surface area contributed by atoms with Gasteiger partial charge in [0.1, 0.15) is 4.90 Å². The normalized spacial score (nSPS) is 19.5. The highest BCUT2D eigenvalue weighted by Crippen LogP contribution is 2.30. The number of benzene rings is 1. The lowest BCUT2D eigenvalue weighted by Gasteiger charge is -2.32. The van der Waals surface area contributed by atoms with Crippen LogP contribution in [0.4, 0.5) is 0 Å². The van der Waals surface area contributed by atoms with Gasteiger partial charge < -0.3 is 4.98 Å². The molecule has 1 aliphatic rings. The number of hydrogen-bond acceptors (Lipinski definition) is 4. The molecule has 3 aromatic rings. The van der Waals surface area contributed by atoms with Gasteiger partial charge in [-0.25, -0.2) is 8.42 Å². The fourth-order valence-electron chi connectivity index (χ4n) is 3.77. The van der Waals surface area contributed by atoms with Crippen LogP contribution >= 0.6 is 0 Å². The van der Waals surface area contributed by atoms with Gasteiger partial charge in [0, 0.05) is 37.0 Å². The number of nitrogens with zero attached hydrogens (tertiary/aromatic N) is 2. The first kappa shape index (κ1) is 16.4. The summed E-state index contributed by atoms with van der Waals surface area (Å²) in [5.74, 6) is 0.178. The van der Waals surface area contributed by atoms with Crippen LogP contribution < -0.4 is 0 Å². The largest absolute Gasteiger partial charge is 0.361 e. The van der Waals surface area contributed by atoms with E-state index >= 15 is 0 Å². The molecular formula is C18H22N4O2S. The summed E-state index contributed by atoms with van der Waals surface area (Å²) in [6.07, 6.45) is 6.67. The number of sulfone groups is 1. The Morgan fingerprint density at radius 3 is 3.04 bits per heavy atom. The molecular weight excluding hydrogens is 336 g/mol. The lowest BCUT2D eigenvalue weighted by Crippen LogP contribution is -2.34. The Morgan fingerprint density at radius 1 is 1.32 bits per heavy atom. The van der Waals surface area contributed by atoms with Crippen molar-refractivity contribution in [1.82, 2.24) is 20.1 Å². The summed E-state index contributed by atoms with van der Waals surface area (Å²) in [4.78, 5) is 5.95. The minimum atomic E-state index is -3.25. The predicted molar refractivity (Wildman–Crippen MR) is 97.2 cm³/mol. The van der Waals surface area contributed by atoms with E-state index in [4.69, 9.17) is 0 Å². The van der Waals surface area contributed by atoms with Crippen LogP contribution in [-0.2, 0) is 16.4 Å². The van der Waals surface area contributed by atoms with Gasteiger partial charge in [-0.1, -0.05) is 6.07 Å². The lowest BCUT2D eigenvalue weighted by atomic mass is 9.94. The van der Waals surface area contributed by atoms with Crippen molar-refractivity contribution in [3.63, 3.8) is 0 Å². The molecule has 6 nitrogen and oxygen atoms in total. The van der Waals surface area contributed by atoms with Crippen LogP contribution in [0.2, 0.25) is 0 Å². The second-order valence-electron chi connectivity index (χ2n) is 6.89. The molecule has 0 saturated carbocycles. The molecule has 0 bridgehead atoms. The molecule has 1 atom stereocenters. The smallest absolute Gasteiger partial charge is 0.178 e. The van der Waals surface area contributed by atoms with Crippen molar-refractivity contribution in [1.29, 1.82) is 0 Å². The minimum absolute atomic E-state index is 0.178. The van der Waals surface area contributed by atoms with Crippen LogP contribution in [0, 0.1) is 0 Å². The number of rotatable bonds is 4. The maximum atomic E-state index is 12.0. The summed E-state index contributed by atoms with van der Waals surface area (Å²) in [6, 6.07) is 8.57. The lowest BCUT2D eigenvalue weighted by molar-refractivity contribution is 0.197. The highest BCUT2D eigenvalue weighted by Gasteiger charge is 2.27. The summed E-state index contributed by atoms with van der Waals surface area (Å²) in [5, 5.41) is 8.12. The van der Waals surface area contributed by atoms with Gasteiger partial charge in [-0.05, 0) is 48.5 Å². The van der Waals surface area contributed by atoms with E-state index in [9.17, 15) is 8.42 Å². The van der Waals surface area contributed by atoms with Crippen LogP contribution in [0.25, 0.3) is 10.9 Å². The number of aromatic nitrogens is 3. The Balaban J connectivity index is 1.52. The molecule has 4 rings (SSSR count). The van der Waals surface area contributed by atoms with Crippen LogP contribution in [0.15, 0.2) is 41.6 Å². The molecule has 3 heterocycles. The topological polar surface area (TPSA) is 81.8 Å². The molecule has 0 aliphatic carbocycles. The molecule has 2 aromatic heterocycles. The quantitative estimate of drug-likeness (QED) is 0.751. The van der Waals surface area contributed by atoms with Gasteiger partial charge in [0.05, 0.1) is 11.9 Å². The van der Waals surface area contributed by atoms with Gasteiger partial charge in [-0.2, -0.15) is 5.10 Å². The Labute approximate surface area is 147 Å². The highest BCUT2D eigenvalue weighted by molar-refractivity contribution is 7.90. The average molecular weight is 358 g/mol. The van der Waals surface area contributed by atoms with Gasteiger partial charge in [-0.15, -0.1) is 0 Å². The van der Waals surface area contributed by atoms with Crippen LogP contribution in [0.3, 0.4) is 0 Å². The SMILES string of the molecule is CS(=O)(=O)c1cn[nH]c1[C@@H]1CCCN(Cc2ccc3[nH]ccc3c2)C1. The van der Waals surface area contributed by atoms with E-state index < -0.39 is 9.84 Å². The molecule has 1 aliphatic heterocycles. The van der Waals surface area contributed by atoms with Crippen molar-refractivity contribution in [3.8, 4) is 0 Å². The first-order chi connectivity index (χ1) is 12.0. The number of likely N-dealkylation sites (tertiary alicyclic amines) is 1. The molecule has 132 valence electrons. The zero-order valence-corrected chi connectivity index (χ0v) is 15.0. The Morgan fingerprint density at radius 2 is 2.20 bits per heavy atom. The van der Waals surface area contributed by atoms with E-state index in [0.717, 1.165) is 43.7 Å². The summed E-state index contributed by atoms with van der Waals surface area (Å²) < 4.78 is 23.9. The molecule has 25 heavy (non-hydrogen) atoms. The number of nitrogens with one attached hydrogen (secondary N) is 2. The molecule has 0 spiro atoms. The maximum absolute atomic E-state index is 12.0. The van der Waals surface area contributed by atoms with Crippen molar-refractivity contribution in [2.75, 3.05) is 19.3 Å². The molecule has 1 aromatic carbocycles. The highest BCUT2D eigenvalue weighted by atomic mass is 32.2. The van der Waals surface area contributed by atoms with E-state index in [2.05, 4.69) is 44.3 Å². The summed E-state index contributed by atoms with van der Waals surface area (Å²) in [7, 11) is -3.25. The van der Waals surface area contributed by atoms with E-state index in [-0.39, 0.29) is 5.92 Å². The minimum Gasteiger partial charge on any atom is -0.361 e. The number of hydrogen-bond donors (Lipinski definition) is 2. The summed E-state index contributed by atoms with van der Waals surface area (Å²) in [5.41, 5.74) is 3.18. The summed E-state index contributed by atoms with van der Waals surface area (Å²) >= 11 is 0. The Hall–Kier alpha value is -2.12. The van der Waals surface area contributed by atoms with Crippen molar-refractivity contribution >= 4 is 20.7 Å². The third kappa shape index (κ3) is 3.34. The zero-order chi connectivity index (χ0) is 17.4. The molecule has 1 saturated heterocycles. The molecule has 0 unspecified atom stereocenters. The van der Waals surface area contributed by atoms with Crippen molar-refractivity contribution in [2.45, 2.75) is 30.2 Å². The third-order valence-corrected chi connectivity index (χ3v) is 6.09. The Kier molecular flexibility index (Phi) is 4.13. The number of piperidine rings is 1. The molecule has 2 N–H and O–H groups in total. The number of H-pyrrole nitrogens is 2. The van der Waals surface area contributed by atoms with Crippen molar-refractivity contribution < 1.29 is 8.42 Å². The van der Waals surface area contributed by atoms with Crippen LogP contribution in [0.1, 0.15) is 30.0 Å². The fourth-order valence-corrected chi connectivity index (χ4v) is 4.62. The van der Waals surface area contributed by atoms with E-state index in [1.807, 2.05) is 6.20 Å². The average Bonchev–Trinajstić information content (AvgIpc) is 3.23. The first-order valence-electron chi connectivity index (χ1n) is 8.52. The van der Waals surface area contributed by atoms with Gasteiger partial charge in [-0.3, -0.25) is 10.00 Å². The summed E-state index contributed by atoms with van der Waals surface area (Å²) in [6.45, 7) is 2.75. The standard InChI is InChI=1S/C18H22N4O2S/c1-25(23,24)17-10-20-21-18(17)15-3-2-8-22(12-15)11-13-4-5-16-14(9-13)6-7-19-16/h4-7,9-10,15,19H,2-3,8,11-12H2,1H3,(H,20,21)/t15-/m1/s1. The number of aromatic amines is 2. The van der Waals surface area contributed by atoms with Crippen LogP contribution in [0.5, 0.6) is 0 Å². The molecule has 1 fully saturated rings. The molecule has 7 heteroatoms. The third-order valence-electron chi connectivity index (χ3n) is 4.97. The van der Waals surface area contributed by atoms with Gasteiger partial charge in [0.25, 0.3) is 0 Å². The maximum Gasteiger partial charge on any atom is 0.178 e. The second kappa shape index (κ2) is 6.31. The molecule has 0 radical (unpaired) electrons. The van der Waals surface area contributed by atoms with Crippen LogP contribution in [-0.4, -0.2) is 47.8 Å². The monoisotopic (exact) mass is 358 g/mol. The van der Waals surface area contributed by atoms with Gasteiger partial charge in [0.2, 0.25) is 0 Å². The van der Waals surface area contributed by atoms with E-state index in [1.54, 1.807) is 0 Å². The number of fused-ring (bicyclic) bond motifs is 1. The second-order valence-corrected chi connectivity index (χ2v) is 8.88. The predicted octanol–water partition coefficient (Wildman–Crippen LogP) is 2.67. The van der Waals surface area contributed by atoms with Crippen molar-refractivity contribution in [3.05, 3.63) is 47.9 Å². The Bertz CT molecular complexity index is 989. The first-order valence-corrected chi connectivity index (χ1v) is 10.4.